The van der Waals surface area contributed by atoms with E-state index in [1.54, 1.807) is 24.5 Å². The second kappa shape index (κ2) is 16.2. The van der Waals surface area contributed by atoms with Crippen molar-refractivity contribution in [1.82, 2.24) is 9.97 Å². The number of nitrogens with zero attached hydrogens (tertiary/aromatic N) is 2. The van der Waals surface area contributed by atoms with Gasteiger partial charge in [0.25, 0.3) is 0 Å². The van der Waals surface area contributed by atoms with Crippen LogP contribution in [0, 0.1) is 5.92 Å². The maximum Gasteiger partial charge on any atom is 0.311 e. The zero-order valence-corrected chi connectivity index (χ0v) is 20.9. The van der Waals surface area contributed by atoms with E-state index < -0.39 is 0 Å². The molecule has 33 heavy (non-hydrogen) atoms. The minimum absolute atomic E-state index is 0.187. The van der Waals surface area contributed by atoms with E-state index >= 15 is 0 Å². The van der Waals surface area contributed by atoms with Gasteiger partial charge >= 0.3 is 5.97 Å². The molecule has 0 N–H and O–H groups in total. The average molecular weight is 455 g/mol. The summed E-state index contributed by atoms with van der Waals surface area (Å²) in [5.74, 6) is 2.22. The SMILES string of the molecule is CCCCCCCCCCCOc1cnc(-c2ccc(OC(=O)CCC(C)CC)cc2)nc1. The second-order valence-electron chi connectivity index (χ2n) is 8.97. The smallest absolute Gasteiger partial charge is 0.311 e. The molecule has 2 aromatic rings. The third-order valence-electron chi connectivity index (χ3n) is 6.03. The van der Waals surface area contributed by atoms with Crippen molar-refractivity contribution in [3.63, 3.8) is 0 Å². The van der Waals surface area contributed by atoms with Crippen LogP contribution in [-0.4, -0.2) is 22.5 Å². The molecular weight excluding hydrogens is 412 g/mol. The number of carbonyl (C=O) groups excluding carboxylic acids is 1. The monoisotopic (exact) mass is 454 g/mol. The average Bonchev–Trinajstić information content (AvgIpc) is 2.84. The fourth-order valence-electron chi connectivity index (χ4n) is 3.57. The maximum atomic E-state index is 12.0. The van der Waals surface area contributed by atoms with Gasteiger partial charge in [0.1, 0.15) is 5.75 Å². The molecule has 5 heteroatoms. The highest BCUT2D eigenvalue weighted by Gasteiger charge is 2.09. The van der Waals surface area contributed by atoms with E-state index in [0.29, 0.717) is 36.3 Å². The van der Waals surface area contributed by atoms with Gasteiger partial charge in [0.2, 0.25) is 0 Å². The van der Waals surface area contributed by atoms with Gasteiger partial charge in [-0.1, -0.05) is 78.6 Å². The number of carbonyl (C=O) groups is 1. The minimum Gasteiger partial charge on any atom is -0.490 e. The molecule has 0 fully saturated rings. The molecule has 1 atom stereocenters. The van der Waals surface area contributed by atoms with Gasteiger partial charge in [0.05, 0.1) is 19.0 Å². The van der Waals surface area contributed by atoms with Crippen LogP contribution in [0.1, 0.15) is 97.8 Å². The maximum absolute atomic E-state index is 12.0. The fraction of sp³-hybridized carbons (Fsp3) is 0.607. The summed E-state index contributed by atoms with van der Waals surface area (Å²) in [6.07, 6.45) is 17.5. The van der Waals surface area contributed by atoms with Gasteiger partial charge in [-0.15, -0.1) is 0 Å². The van der Waals surface area contributed by atoms with Crippen LogP contribution in [0.2, 0.25) is 0 Å². The lowest BCUT2D eigenvalue weighted by molar-refractivity contribution is -0.134. The van der Waals surface area contributed by atoms with E-state index in [9.17, 15) is 4.79 Å². The Kier molecular flexibility index (Phi) is 13.2. The summed E-state index contributed by atoms with van der Waals surface area (Å²) in [6, 6.07) is 7.31. The topological polar surface area (TPSA) is 61.3 Å². The van der Waals surface area contributed by atoms with E-state index in [1.807, 2.05) is 12.1 Å². The number of esters is 1. The normalized spacial score (nSPS) is 11.8. The first kappa shape index (κ1) is 26.8. The highest BCUT2D eigenvalue weighted by atomic mass is 16.5. The van der Waals surface area contributed by atoms with Gasteiger partial charge < -0.3 is 9.47 Å². The molecule has 2 rings (SSSR count). The molecule has 0 spiro atoms. The van der Waals surface area contributed by atoms with E-state index in [0.717, 1.165) is 24.8 Å². The third kappa shape index (κ3) is 11.3. The quantitative estimate of drug-likeness (QED) is 0.139. The number of ether oxygens (including phenoxy) is 2. The molecule has 1 aromatic heterocycles. The van der Waals surface area contributed by atoms with Crippen molar-refractivity contribution in [2.24, 2.45) is 5.92 Å². The van der Waals surface area contributed by atoms with Crippen LogP contribution in [0.5, 0.6) is 11.5 Å². The molecule has 1 aromatic carbocycles. The van der Waals surface area contributed by atoms with Crippen molar-refractivity contribution < 1.29 is 14.3 Å². The number of rotatable bonds is 17. The molecule has 182 valence electrons. The van der Waals surface area contributed by atoms with E-state index in [-0.39, 0.29) is 5.97 Å². The summed E-state index contributed by atoms with van der Waals surface area (Å²) in [6.45, 7) is 7.24. The van der Waals surface area contributed by atoms with Gasteiger partial charge in [-0.2, -0.15) is 0 Å². The molecule has 0 aliphatic rings. The number of hydrogen-bond acceptors (Lipinski definition) is 5. The lowest BCUT2D eigenvalue weighted by atomic mass is 10.0. The molecule has 1 unspecified atom stereocenters. The van der Waals surface area contributed by atoms with Gasteiger partial charge in [-0.3, -0.25) is 4.79 Å². The Morgan fingerprint density at radius 3 is 2.06 bits per heavy atom. The molecular formula is C28H42N2O3. The summed E-state index contributed by atoms with van der Waals surface area (Å²) in [5.41, 5.74) is 0.875. The van der Waals surface area contributed by atoms with Crippen molar-refractivity contribution in [2.75, 3.05) is 6.61 Å². The van der Waals surface area contributed by atoms with Gasteiger partial charge in [0, 0.05) is 12.0 Å². The van der Waals surface area contributed by atoms with Crippen LogP contribution in [0.15, 0.2) is 36.7 Å². The van der Waals surface area contributed by atoms with Gasteiger partial charge in [0.15, 0.2) is 11.6 Å². The molecule has 0 aliphatic heterocycles. The molecule has 5 nitrogen and oxygen atoms in total. The number of benzene rings is 1. The van der Waals surface area contributed by atoms with Crippen molar-refractivity contribution in [3.8, 4) is 22.9 Å². The Morgan fingerprint density at radius 1 is 0.848 bits per heavy atom. The van der Waals surface area contributed by atoms with Gasteiger partial charge in [-0.05, 0) is 43.0 Å². The molecule has 0 amide bonds. The predicted molar refractivity (Wildman–Crippen MR) is 135 cm³/mol. The van der Waals surface area contributed by atoms with E-state index in [2.05, 4.69) is 30.7 Å². The first-order chi connectivity index (χ1) is 16.1. The summed E-state index contributed by atoms with van der Waals surface area (Å²) in [5, 5.41) is 0. The molecule has 0 radical (unpaired) electrons. The summed E-state index contributed by atoms with van der Waals surface area (Å²) >= 11 is 0. The van der Waals surface area contributed by atoms with Crippen molar-refractivity contribution in [1.29, 1.82) is 0 Å². The Bertz CT molecular complexity index is 775. The zero-order valence-electron chi connectivity index (χ0n) is 20.9. The van der Waals surface area contributed by atoms with Crippen molar-refractivity contribution >= 4 is 5.97 Å². The summed E-state index contributed by atoms with van der Waals surface area (Å²) < 4.78 is 11.2. The lowest BCUT2D eigenvalue weighted by Gasteiger charge is -2.09. The number of hydrogen-bond donors (Lipinski definition) is 0. The van der Waals surface area contributed by atoms with E-state index in [1.165, 1.54) is 51.4 Å². The highest BCUT2D eigenvalue weighted by Crippen LogP contribution is 2.21. The van der Waals surface area contributed by atoms with Crippen LogP contribution in [0.3, 0.4) is 0 Å². The van der Waals surface area contributed by atoms with Crippen LogP contribution >= 0.6 is 0 Å². The number of aromatic nitrogens is 2. The molecule has 0 aliphatic carbocycles. The second-order valence-corrected chi connectivity index (χ2v) is 8.97. The van der Waals surface area contributed by atoms with Crippen LogP contribution < -0.4 is 9.47 Å². The van der Waals surface area contributed by atoms with Gasteiger partial charge in [-0.25, -0.2) is 9.97 Å². The zero-order chi connectivity index (χ0) is 23.7. The van der Waals surface area contributed by atoms with Crippen LogP contribution in [-0.2, 0) is 4.79 Å². The first-order valence-corrected chi connectivity index (χ1v) is 12.9. The largest absolute Gasteiger partial charge is 0.490 e. The minimum atomic E-state index is -0.187. The van der Waals surface area contributed by atoms with Crippen LogP contribution in [0.25, 0.3) is 11.4 Å². The van der Waals surface area contributed by atoms with Crippen LogP contribution in [0.4, 0.5) is 0 Å². The Hall–Kier alpha value is -2.43. The predicted octanol–water partition coefficient (Wildman–Crippen LogP) is 7.78. The summed E-state index contributed by atoms with van der Waals surface area (Å²) in [4.78, 5) is 20.8. The standard InChI is InChI=1S/C28H42N2O3/c1-4-6-7-8-9-10-11-12-13-20-32-26-21-29-28(30-22-26)24-15-17-25(18-16-24)33-27(31)19-14-23(3)5-2/h15-18,21-23H,4-14,19-20H2,1-3H3. The Balaban J connectivity index is 1.66. The molecule has 0 bridgehead atoms. The van der Waals surface area contributed by atoms with E-state index in [4.69, 9.17) is 9.47 Å². The first-order valence-electron chi connectivity index (χ1n) is 12.9. The number of unbranched alkanes of at least 4 members (excludes halogenated alkanes) is 8. The lowest BCUT2D eigenvalue weighted by Crippen LogP contribution is -2.09. The third-order valence-corrected chi connectivity index (χ3v) is 6.03. The molecule has 0 saturated heterocycles. The fourth-order valence-corrected chi connectivity index (χ4v) is 3.57. The highest BCUT2D eigenvalue weighted by molar-refractivity contribution is 5.72. The van der Waals surface area contributed by atoms with Crippen molar-refractivity contribution in [3.05, 3.63) is 36.7 Å². The Morgan fingerprint density at radius 2 is 1.45 bits per heavy atom. The Labute approximate surface area is 200 Å². The molecule has 1 heterocycles. The molecule has 0 saturated carbocycles. The summed E-state index contributed by atoms with van der Waals surface area (Å²) in [7, 11) is 0. The van der Waals surface area contributed by atoms with Crippen molar-refractivity contribution in [2.45, 2.75) is 97.8 Å².